The van der Waals surface area contributed by atoms with Crippen molar-refractivity contribution >= 4 is 21.6 Å². The Bertz CT molecular complexity index is 979. The van der Waals surface area contributed by atoms with Crippen molar-refractivity contribution in [2.75, 3.05) is 11.9 Å². The Balaban J connectivity index is 2.32. The number of hydrogen-bond acceptors (Lipinski definition) is 5. The molecule has 0 aromatic heterocycles. The smallest absolute Gasteiger partial charge is 0.255 e. The second-order valence-corrected chi connectivity index (χ2v) is 7.73. The number of anilines is 1. The fourth-order valence-electron chi connectivity index (χ4n) is 2.36. The third kappa shape index (κ3) is 5.29. The average molecular weight is 387 g/mol. The van der Waals surface area contributed by atoms with Crippen LogP contribution in [0.25, 0.3) is 0 Å². The van der Waals surface area contributed by atoms with Crippen LogP contribution in [0.4, 0.5) is 5.69 Å². The second kappa shape index (κ2) is 8.66. The van der Waals surface area contributed by atoms with Gasteiger partial charge in [0.2, 0.25) is 10.0 Å². The molecule has 0 radical (unpaired) electrons. The number of benzene rings is 2. The molecule has 0 saturated heterocycles. The van der Waals surface area contributed by atoms with Crippen molar-refractivity contribution in [2.45, 2.75) is 31.7 Å². The van der Waals surface area contributed by atoms with Crippen LogP contribution in [0, 0.1) is 11.3 Å². The zero-order chi connectivity index (χ0) is 20.0. The Morgan fingerprint density at radius 1 is 1.22 bits per heavy atom. The highest BCUT2D eigenvalue weighted by Gasteiger charge is 2.18. The second-order valence-electron chi connectivity index (χ2n) is 6.01. The van der Waals surface area contributed by atoms with E-state index in [2.05, 4.69) is 10.0 Å². The zero-order valence-electron chi connectivity index (χ0n) is 15.3. The van der Waals surface area contributed by atoms with Gasteiger partial charge in [0.15, 0.2) is 0 Å². The van der Waals surface area contributed by atoms with Gasteiger partial charge in [-0.05, 0) is 57.2 Å². The first-order chi connectivity index (χ1) is 12.8. The van der Waals surface area contributed by atoms with Gasteiger partial charge in [0.05, 0.1) is 28.8 Å². The predicted molar refractivity (Wildman–Crippen MR) is 102 cm³/mol. The van der Waals surface area contributed by atoms with Gasteiger partial charge in [-0.2, -0.15) is 5.26 Å². The van der Waals surface area contributed by atoms with Crippen molar-refractivity contribution < 1.29 is 17.9 Å². The molecule has 2 aromatic carbocycles. The molecule has 2 rings (SSSR count). The molecule has 0 unspecified atom stereocenters. The highest BCUT2D eigenvalue weighted by molar-refractivity contribution is 7.89. The van der Waals surface area contributed by atoms with Crippen molar-refractivity contribution in [3.8, 4) is 11.8 Å². The lowest BCUT2D eigenvalue weighted by atomic mass is 10.1. The summed E-state index contributed by atoms with van der Waals surface area (Å²) in [6.45, 7) is 5.63. The lowest BCUT2D eigenvalue weighted by Crippen LogP contribution is -2.30. The van der Waals surface area contributed by atoms with Crippen LogP contribution in [0.1, 0.15) is 36.7 Å². The van der Waals surface area contributed by atoms with Crippen molar-refractivity contribution in [2.24, 2.45) is 0 Å². The number of nitrogens with zero attached hydrogens (tertiary/aromatic N) is 1. The van der Waals surface area contributed by atoms with Crippen LogP contribution in [0.5, 0.6) is 5.75 Å². The molecule has 0 fully saturated rings. The summed E-state index contributed by atoms with van der Waals surface area (Å²) in [5, 5.41) is 11.7. The van der Waals surface area contributed by atoms with E-state index in [9.17, 15) is 13.2 Å². The molecule has 27 heavy (non-hydrogen) atoms. The molecule has 142 valence electrons. The van der Waals surface area contributed by atoms with Gasteiger partial charge in [-0.25, -0.2) is 13.1 Å². The first kappa shape index (κ1) is 20.4. The maximum Gasteiger partial charge on any atom is 0.255 e. The molecule has 0 spiro atoms. The molecule has 2 aromatic rings. The standard InChI is InChI=1S/C19H21N3O4S/c1-4-26-18-9-8-14(12-20)10-17(18)21-19(23)15-6-5-7-16(11-15)27(24,25)22-13(2)3/h5-11,13,22H,4H2,1-3H3,(H,21,23). The van der Waals surface area contributed by atoms with E-state index < -0.39 is 15.9 Å². The van der Waals surface area contributed by atoms with E-state index in [1.165, 1.54) is 30.3 Å². The number of hydrogen-bond donors (Lipinski definition) is 2. The molecule has 0 heterocycles. The number of rotatable bonds is 7. The number of amides is 1. The maximum atomic E-state index is 12.6. The third-order valence-corrected chi connectivity index (χ3v) is 5.11. The minimum Gasteiger partial charge on any atom is -0.492 e. The summed E-state index contributed by atoms with van der Waals surface area (Å²) in [5.74, 6) is -0.0808. The maximum absolute atomic E-state index is 12.6. The third-order valence-electron chi connectivity index (χ3n) is 3.45. The van der Waals surface area contributed by atoms with Crippen LogP contribution < -0.4 is 14.8 Å². The van der Waals surface area contributed by atoms with Crippen molar-refractivity contribution in [1.29, 1.82) is 5.26 Å². The first-order valence-corrected chi connectivity index (χ1v) is 9.86. The minimum absolute atomic E-state index is 0.000317. The van der Waals surface area contributed by atoms with Crippen molar-refractivity contribution in [3.63, 3.8) is 0 Å². The van der Waals surface area contributed by atoms with Crippen LogP contribution in [0.2, 0.25) is 0 Å². The summed E-state index contributed by atoms with van der Waals surface area (Å²) in [5.41, 5.74) is 0.882. The first-order valence-electron chi connectivity index (χ1n) is 8.37. The molecule has 0 aliphatic rings. The van der Waals surface area contributed by atoms with Crippen molar-refractivity contribution in [1.82, 2.24) is 4.72 Å². The number of sulfonamides is 1. The molecular weight excluding hydrogens is 366 g/mol. The molecule has 0 bridgehead atoms. The van der Waals surface area contributed by atoms with Gasteiger partial charge >= 0.3 is 0 Å². The molecular formula is C19H21N3O4S. The molecule has 0 atom stereocenters. The highest BCUT2D eigenvalue weighted by Crippen LogP contribution is 2.26. The Kier molecular flexibility index (Phi) is 6.55. The van der Waals surface area contributed by atoms with Crippen LogP contribution in [0.15, 0.2) is 47.4 Å². The Labute approximate surface area is 159 Å². The molecule has 2 N–H and O–H groups in total. The summed E-state index contributed by atoms with van der Waals surface area (Å²) in [4.78, 5) is 12.6. The summed E-state index contributed by atoms with van der Waals surface area (Å²) < 4.78 is 32.5. The number of nitrogens with one attached hydrogen (secondary N) is 2. The molecule has 1 amide bonds. The lowest BCUT2D eigenvalue weighted by Gasteiger charge is -2.13. The number of ether oxygens (including phenoxy) is 1. The molecule has 7 nitrogen and oxygen atoms in total. The fraction of sp³-hybridized carbons (Fsp3) is 0.263. The normalized spacial score (nSPS) is 11.1. The van der Waals surface area contributed by atoms with Crippen LogP contribution in [-0.4, -0.2) is 27.0 Å². The Hall–Kier alpha value is -2.89. The Morgan fingerprint density at radius 3 is 2.59 bits per heavy atom. The lowest BCUT2D eigenvalue weighted by molar-refractivity contribution is 0.102. The van der Waals surface area contributed by atoms with E-state index in [1.54, 1.807) is 32.9 Å². The molecule has 0 aliphatic carbocycles. The molecule has 8 heteroatoms. The molecule has 0 aliphatic heterocycles. The monoisotopic (exact) mass is 387 g/mol. The summed E-state index contributed by atoms with van der Waals surface area (Å²) in [7, 11) is -3.71. The van der Waals surface area contributed by atoms with Crippen LogP contribution in [0.3, 0.4) is 0 Å². The number of nitriles is 1. The van der Waals surface area contributed by atoms with Gasteiger partial charge in [-0.1, -0.05) is 6.07 Å². The topological polar surface area (TPSA) is 108 Å². The largest absolute Gasteiger partial charge is 0.492 e. The zero-order valence-corrected chi connectivity index (χ0v) is 16.1. The van der Waals surface area contributed by atoms with E-state index in [4.69, 9.17) is 10.00 Å². The van der Waals surface area contributed by atoms with Gasteiger partial charge in [-0.15, -0.1) is 0 Å². The van der Waals surface area contributed by atoms with E-state index in [0.29, 0.717) is 23.6 Å². The fourth-order valence-corrected chi connectivity index (χ4v) is 3.65. The number of carbonyl (C=O) groups is 1. The Morgan fingerprint density at radius 2 is 1.96 bits per heavy atom. The number of carbonyl (C=O) groups excluding carboxylic acids is 1. The SMILES string of the molecule is CCOc1ccc(C#N)cc1NC(=O)c1cccc(S(=O)(=O)NC(C)C)c1. The van der Waals surface area contributed by atoms with Gasteiger partial charge in [-0.3, -0.25) is 4.79 Å². The van der Waals surface area contributed by atoms with E-state index in [-0.39, 0.29) is 16.5 Å². The van der Waals surface area contributed by atoms with Gasteiger partial charge in [0.25, 0.3) is 5.91 Å². The summed E-state index contributed by atoms with van der Waals surface area (Å²) in [6, 6.07) is 12.2. The van der Waals surface area contributed by atoms with Crippen LogP contribution >= 0.6 is 0 Å². The summed E-state index contributed by atoms with van der Waals surface area (Å²) in [6.07, 6.45) is 0. The van der Waals surface area contributed by atoms with Crippen LogP contribution in [-0.2, 0) is 10.0 Å². The van der Waals surface area contributed by atoms with E-state index >= 15 is 0 Å². The van der Waals surface area contributed by atoms with E-state index in [1.807, 2.05) is 6.07 Å². The van der Waals surface area contributed by atoms with E-state index in [0.717, 1.165) is 0 Å². The quantitative estimate of drug-likeness (QED) is 0.759. The van der Waals surface area contributed by atoms with Gasteiger partial charge < -0.3 is 10.1 Å². The molecule has 0 saturated carbocycles. The summed E-state index contributed by atoms with van der Waals surface area (Å²) >= 11 is 0. The van der Waals surface area contributed by atoms with Crippen molar-refractivity contribution in [3.05, 3.63) is 53.6 Å². The van der Waals surface area contributed by atoms with Gasteiger partial charge in [0.1, 0.15) is 5.75 Å². The highest BCUT2D eigenvalue weighted by atomic mass is 32.2. The average Bonchev–Trinajstić information content (AvgIpc) is 2.62. The predicted octanol–water partition coefficient (Wildman–Crippen LogP) is 2.90. The van der Waals surface area contributed by atoms with Gasteiger partial charge in [0, 0.05) is 11.6 Å². The minimum atomic E-state index is -3.71.